The second kappa shape index (κ2) is 8.72. The number of amides is 2. The maximum absolute atomic E-state index is 12.5. The summed E-state index contributed by atoms with van der Waals surface area (Å²) in [7, 11) is 0. The molecule has 5 nitrogen and oxygen atoms in total. The molecule has 1 aliphatic heterocycles. The fourth-order valence-electron chi connectivity index (χ4n) is 3.07. The number of para-hydroxylation sites is 1. The zero-order valence-corrected chi connectivity index (χ0v) is 15.6. The first-order valence-electron chi connectivity index (χ1n) is 8.55. The van der Waals surface area contributed by atoms with Crippen LogP contribution >= 0.6 is 12.4 Å². The zero-order chi connectivity index (χ0) is 17.8. The largest absolute Gasteiger partial charge is 0.399 e. The Bertz CT molecular complexity index is 777. The number of rotatable bonds is 5. The quantitative estimate of drug-likeness (QED) is 0.791. The molecule has 1 aliphatic rings. The molecule has 2 aromatic carbocycles. The lowest BCUT2D eigenvalue weighted by Gasteiger charge is -2.17. The maximum atomic E-state index is 12.5. The Morgan fingerprint density at radius 3 is 2.58 bits per heavy atom. The summed E-state index contributed by atoms with van der Waals surface area (Å²) >= 11 is 0. The highest BCUT2D eigenvalue weighted by Crippen LogP contribution is 2.22. The van der Waals surface area contributed by atoms with Crippen molar-refractivity contribution in [1.82, 2.24) is 5.32 Å². The molecule has 1 atom stereocenters. The minimum Gasteiger partial charge on any atom is -0.399 e. The van der Waals surface area contributed by atoms with Crippen molar-refractivity contribution >= 4 is 35.6 Å². The molecule has 0 radical (unpaired) electrons. The average molecular weight is 374 g/mol. The Hall–Kier alpha value is -2.53. The first-order chi connectivity index (χ1) is 12.0. The van der Waals surface area contributed by atoms with Gasteiger partial charge in [-0.2, -0.15) is 0 Å². The van der Waals surface area contributed by atoms with Crippen molar-refractivity contribution in [3.05, 3.63) is 59.7 Å². The van der Waals surface area contributed by atoms with Gasteiger partial charge >= 0.3 is 0 Å². The molecule has 0 spiro atoms. The van der Waals surface area contributed by atoms with Crippen LogP contribution in [0, 0.1) is 6.92 Å². The Balaban J connectivity index is 0.00000243. The molecular formula is C20H24ClN3O2. The third kappa shape index (κ3) is 4.55. The third-order valence-electron chi connectivity index (χ3n) is 4.56. The van der Waals surface area contributed by atoms with Crippen LogP contribution in [0.3, 0.4) is 0 Å². The van der Waals surface area contributed by atoms with E-state index in [9.17, 15) is 9.59 Å². The van der Waals surface area contributed by atoms with E-state index < -0.39 is 6.04 Å². The standard InChI is InChI=1S/C20H23N3O2.ClH/c1-14-6-9-16(10-7-14)23-13-12-18(20(23)25)22-19(24)11-8-15-4-2-3-5-17(15)21;/h2-7,9-10,18H,8,11-13,21H2,1H3,(H,22,24);1H. The van der Waals surface area contributed by atoms with Gasteiger partial charge in [-0.15, -0.1) is 12.4 Å². The van der Waals surface area contributed by atoms with Gasteiger partial charge in [-0.25, -0.2) is 0 Å². The van der Waals surface area contributed by atoms with Crippen molar-refractivity contribution in [1.29, 1.82) is 0 Å². The molecule has 0 aromatic heterocycles. The van der Waals surface area contributed by atoms with Crippen LogP contribution < -0.4 is 16.0 Å². The molecule has 3 N–H and O–H groups in total. The molecule has 3 rings (SSSR count). The SMILES string of the molecule is Cc1ccc(N2CCC(NC(=O)CCc3ccccc3N)C2=O)cc1.Cl. The van der Waals surface area contributed by atoms with Crippen molar-refractivity contribution in [2.75, 3.05) is 17.2 Å². The van der Waals surface area contributed by atoms with E-state index in [1.54, 1.807) is 4.90 Å². The first-order valence-corrected chi connectivity index (χ1v) is 8.55. The lowest BCUT2D eigenvalue weighted by molar-refractivity contribution is -0.126. The Kier molecular flexibility index (Phi) is 6.64. The smallest absolute Gasteiger partial charge is 0.249 e. The fourth-order valence-corrected chi connectivity index (χ4v) is 3.07. The normalized spacial score (nSPS) is 16.3. The summed E-state index contributed by atoms with van der Waals surface area (Å²) in [6.07, 6.45) is 1.52. The number of nitrogens with one attached hydrogen (secondary N) is 1. The third-order valence-corrected chi connectivity index (χ3v) is 4.56. The second-order valence-corrected chi connectivity index (χ2v) is 6.43. The van der Waals surface area contributed by atoms with E-state index in [0.717, 1.165) is 16.8 Å². The fraction of sp³-hybridized carbons (Fsp3) is 0.300. The minimum atomic E-state index is -0.443. The van der Waals surface area contributed by atoms with E-state index in [4.69, 9.17) is 5.73 Å². The van der Waals surface area contributed by atoms with E-state index >= 15 is 0 Å². The summed E-state index contributed by atoms with van der Waals surface area (Å²) in [5.74, 6) is -0.163. The molecule has 1 fully saturated rings. The number of benzene rings is 2. The molecule has 6 heteroatoms. The van der Waals surface area contributed by atoms with Crippen LogP contribution in [0.4, 0.5) is 11.4 Å². The number of aryl methyl sites for hydroxylation is 2. The van der Waals surface area contributed by atoms with E-state index in [2.05, 4.69) is 5.32 Å². The molecule has 0 saturated carbocycles. The number of carbonyl (C=O) groups is 2. The highest BCUT2D eigenvalue weighted by molar-refractivity contribution is 6.01. The molecule has 0 bridgehead atoms. The topological polar surface area (TPSA) is 75.4 Å². The highest BCUT2D eigenvalue weighted by Gasteiger charge is 2.33. The van der Waals surface area contributed by atoms with Gasteiger partial charge in [-0.1, -0.05) is 35.9 Å². The number of nitrogen functional groups attached to an aromatic ring is 1. The summed E-state index contributed by atoms with van der Waals surface area (Å²) in [6, 6.07) is 14.9. The molecule has 2 aromatic rings. The molecule has 26 heavy (non-hydrogen) atoms. The van der Waals surface area contributed by atoms with Gasteiger partial charge in [-0.05, 0) is 43.5 Å². The van der Waals surface area contributed by atoms with Crippen LogP contribution in [0.2, 0.25) is 0 Å². The van der Waals surface area contributed by atoms with E-state index in [1.165, 1.54) is 0 Å². The molecule has 1 saturated heterocycles. The van der Waals surface area contributed by atoms with Crippen LogP contribution in [0.15, 0.2) is 48.5 Å². The van der Waals surface area contributed by atoms with Crippen LogP contribution in [0.25, 0.3) is 0 Å². The zero-order valence-electron chi connectivity index (χ0n) is 14.8. The number of nitrogens with two attached hydrogens (primary N) is 1. The van der Waals surface area contributed by atoms with Crippen molar-refractivity contribution in [3.8, 4) is 0 Å². The maximum Gasteiger partial charge on any atom is 0.249 e. The van der Waals surface area contributed by atoms with Gasteiger partial charge in [0.25, 0.3) is 0 Å². The van der Waals surface area contributed by atoms with Gasteiger partial charge in [0.1, 0.15) is 6.04 Å². The average Bonchev–Trinajstić information content (AvgIpc) is 2.96. The molecular weight excluding hydrogens is 350 g/mol. The lowest BCUT2D eigenvalue weighted by atomic mass is 10.1. The van der Waals surface area contributed by atoms with E-state index in [-0.39, 0.29) is 24.2 Å². The Labute approximate surface area is 160 Å². The van der Waals surface area contributed by atoms with E-state index in [0.29, 0.717) is 31.5 Å². The number of carbonyl (C=O) groups excluding carboxylic acids is 2. The number of nitrogens with zero attached hydrogens (tertiary/aromatic N) is 1. The van der Waals surface area contributed by atoms with E-state index in [1.807, 2.05) is 55.5 Å². The van der Waals surface area contributed by atoms with Gasteiger partial charge in [0.2, 0.25) is 11.8 Å². The summed E-state index contributed by atoms with van der Waals surface area (Å²) in [4.78, 5) is 26.5. The lowest BCUT2D eigenvalue weighted by Crippen LogP contribution is -2.41. The summed E-state index contributed by atoms with van der Waals surface area (Å²) < 4.78 is 0. The highest BCUT2D eigenvalue weighted by atomic mass is 35.5. The predicted molar refractivity (Wildman–Crippen MR) is 107 cm³/mol. The van der Waals surface area contributed by atoms with Crippen LogP contribution in [0.5, 0.6) is 0 Å². The predicted octanol–water partition coefficient (Wildman–Crippen LogP) is 2.85. The Morgan fingerprint density at radius 2 is 1.88 bits per heavy atom. The number of anilines is 2. The molecule has 2 amide bonds. The van der Waals surface area contributed by atoms with Crippen LogP contribution in [-0.2, 0) is 16.0 Å². The van der Waals surface area contributed by atoms with Crippen molar-refractivity contribution < 1.29 is 9.59 Å². The van der Waals surface area contributed by atoms with Crippen molar-refractivity contribution in [2.45, 2.75) is 32.2 Å². The monoisotopic (exact) mass is 373 g/mol. The molecule has 1 unspecified atom stereocenters. The van der Waals surface area contributed by atoms with Gasteiger partial charge < -0.3 is 16.0 Å². The van der Waals surface area contributed by atoms with Gasteiger partial charge in [0.15, 0.2) is 0 Å². The van der Waals surface area contributed by atoms with Crippen molar-refractivity contribution in [3.63, 3.8) is 0 Å². The van der Waals surface area contributed by atoms with Gasteiger partial charge in [-0.3, -0.25) is 9.59 Å². The second-order valence-electron chi connectivity index (χ2n) is 6.43. The van der Waals surface area contributed by atoms with Gasteiger partial charge in [0.05, 0.1) is 0 Å². The molecule has 1 heterocycles. The minimum absolute atomic E-state index is 0. The first kappa shape index (κ1) is 19.8. The summed E-state index contributed by atoms with van der Waals surface area (Å²) in [5.41, 5.74) is 9.57. The van der Waals surface area contributed by atoms with Gasteiger partial charge in [0, 0.05) is 24.3 Å². The van der Waals surface area contributed by atoms with Crippen LogP contribution in [0.1, 0.15) is 24.0 Å². The number of hydrogen-bond donors (Lipinski definition) is 2. The molecule has 138 valence electrons. The number of halogens is 1. The van der Waals surface area contributed by atoms with Crippen LogP contribution in [-0.4, -0.2) is 24.4 Å². The van der Waals surface area contributed by atoms with Crippen molar-refractivity contribution in [2.24, 2.45) is 0 Å². The molecule has 0 aliphatic carbocycles. The number of hydrogen-bond acceptors (Lipinski definition) is 3. The summed E-state index contributed by atoms with van der Waals surface area (Å²) in [5, 5.41) is 2.86. The summed E-state index contributed by atoms with van der Waals surface area (Å²) in [6.45, 7) is 2.64. The Morgan fingerprint density at radius 1 is 1.19 bits per heavy atom.